The van der Waals surface area contributed by atoms with E-state index >= 15 is 0 Å². The summed E-state index contributed by atoms with van der Waals surface area (Å²) < 4.78 is 0.751. The average Bonchev–Trinajstić information content (AvgIpc) is 2.73. The molecule has 1 aromatic carbocycles. The van der Waals surface area contributed by atoms with Crippen molar-refractivity contribution in [2.24, 2.45) is 4.99 Å². The fourth-order valence-electron chi connectivity index (χ4n) is 1.16. The molecular formula is C12H7ClN2S. The highest BCUT2D eigenvalue weighted by molar-refractivity contribution is 7.17. The van der Waals surface area contributed by atoms with Gasteiger partial charge in [0.1, 0.15) is 0 Å². The van der Waals surface area contributed by atoms with Crippen molar-refractivity contribution in [3.05, 3.63) is 51.2 Å². The van der Waals surface area contributed by atoms with Gasteiger partial charge in [-0.25, -0.2) is 0 Å². The highest BCUT2D eigenvalue weighted by atomic mass is 35.5. The molecule has 0 amide bonds. The maximum atomic E-state index is 8.64. The van der Waals surface area contributed by atoms with Crippen LogP contribution in [-0.2, 0) is 0 Å². The second kappa shape index (κ2) is 4.93. The summed E-state index contributed by atoms with van der Waals surface area (Å²) in [5.74, 6) is 0. The maximum absolute atomic E-state index is 8.64. The van der Waals surface area contributed by atoms with Crippen LogP contribution in [0.15, 0.2) is 41.4 Å². The van der Waals surface area contributed by atoms with Crippen LogP contribution < -0.4 is 0 Å². The molecule has 4 heteroatoms. The van der Waals surface area contributed by atoms with Crippen molar-refractivity contribution >= 4 is 34.8 Å². The molecule has 1 heterocycles. The molecule has 2 nitrogen and oxygen atoms in total. The minimum atomic E-state index is 0.637. The molecule has 0 saturated carbocycles. The molecule has 0 aliphatic heterocycles. The van der Waals surface area contributed by atoms with Gasteiger partial charge in [0.25, 0.3) is 0 Å². The lowest BCUT2D eigenvalue weighted by Gasteiger charge is -1.92. The number of aliphatic imine (C=N–C) groups is 1. The molecular weight excluding hydrogens is 240 g/mol. The zero-order chi connectivity index (χ0) is 11.4. The molecule has 0 spiro atoms. The van der Waals surface area contributed by atoms with Crippen LogP contribution >= 0.6 is 22.9 Å². The Morgan fingerprint density at radius 2 is 1.94 bits per heavy atom. The molecule has 2 rings (SSSR count). The Morgan fingerprint density at radius 1 is 1.19 bits per heavy atom. The van der Waals surface area contributed by atoms with Crippen molar-refractivity contribution in [3.8, 4) is 6.07 Å². The normalized spacial score (nSPS) is 10.5. The quantitative estimate of drug-likeness (QED) is 0.737. The second-order valence-electron chi connectivity index (χ2n) is 3.06. The van der Waals surface area contributed by atoms with Gasteiger partial charge >= 0.3 is 0 Å². The number of nitrogens with zero attached hydrogens (tertiary/aromatic N) is 2. The van der Waals surface area contributed by atoms with Gasteiger partial charge < -0.3 is 0 Å². The van der Waals surface area contributed by atoms with Crippen molar-refractivity contribution in [2.75, 3.05) is 0 Å². The van der Waals surface area contributed by atoms with E-state index in [0.717, 1.165) is 14.9 Å². The average molecular weight is 247 g/mol. The summed E-state index contributed by atoms with van der Waals surface area (Å²) in [5, 5.41) is 8.64. The van der Waals surface area contributed by atoms with Gasteiger partial charge in [-0.05, 0) is 36.4 Å². The molecule has 78 valence electrons. The Bertz CT molecular complexity index is 549. The van der Waals surface area contributed by atoms with Crippen LogP contribution in [0.25, 0.3) is 0 Å². The van der Waals surface area contributed by atoms with Crippen molar-refractivity contribution < 1.29 is 0 Å². The van der Waals surface area contributed by atoms with E-state index in [0.29, 0.717) is 5.56 Å². The minimum absolute atomic E-state index is 0.637. The molecule has 0 unspecified atom stereocenters. The van der Waals surface area contributed by atoms with Gasteiger partial charge in [0.2, 0.25) is 0 Å². The third-order valence-electron chi connectivity index (χ3n) is 1.93. The molecule has 0 N–H and O–H groups in total. The van der Waals surface area contributed by atoms with E-state index in [9.17, 15) is 0 Å². The molecule has 0 fully saturated rings. The van der Waals surface area contributed by atoms with Crippen LogP contribution in [0, 0.1) is 11.3 Å². The number of rotatable bonds is 2. The monoisotopic (exact) mass is 246 g/mol. The lowest BCUT2D eigenvalue weighted by atomic mass is 10.2. The van der Waals surface area contributed by atoms with Gasteiger partial charge in [-0.15, -0.1) is 11.3 Å². The van der Waals surface area contributed by atoms with Gasteiger partial charge in [-0.1, -0.05) is 11.6 Å². The maximum Gasteiger partial charge on any atom is 0.0991 e. The zero-order valence-electron chi connectivity index (χ0n) is 8.22. The Hall–Kier alpha value is -1.63. The number of nitriles is 1. The van der Waals surface area contributed by atoms with Crippen LogP contribution in [0.4, 0.5) is 5.69 Å². The Kier molecular flexibility index (Phi) is 3.35. The first-order valence-electron chi connectivity index (χ1n) is 4.57. The molecule has 0 bridgehead atoms. The molecule has 16 heavy (non-hydrogen) atoms. The largest absolute Gasteiger partial charge is 0.255 e. The van der Waals surface area contributed by atoms with Crippen LogP contribution in [-0.4, -0.2) is 6.21 Å². The van der Waals surface area contributed by atoms with E-state index in [-0.39, 0.29) is 0 Å². The predicted molar refractivity (Wildman–Crippen MR) is 67.7 cm³/mol. The minimum Gasteiger partial charge on any atom is -0.255 e. The molecule has 2 aromatic rings. The smallest absolute Gasteiger partial charge is 0.0991 e. The first-order chi connectivity index (χ1) is 7.78. The van der Waals surface area contributed by atoms with Gasteiger partial charge in [-0.2, -0.15) is 5.26 Å². The standard InChI is InChI=1S/C12H7ClN2S/c13-12-6-5-11(16-12)8-15-10-3-1-9(7-14)2-4-10/h1-6,8H. The molecule has 0 atom stereocenters. The Morgan fingerprint density at radius 3 is 2.50 bits per heavy atom. The van der Waals surface area contributed by atoms with Crippen LogP contribution in [0.1, 0.15) is 10.4 Å². The first kappa shape index (κ1) is 10.9. The molecule has 0 radical (unpaired) electrons. The van der Waals surface area contributed by atoms with Gasteiger partial charge in [-0.3, -0.25) is 4.99 Å². The summed E-state index contributed by atoms with van der Waals surface area (Å²) >= 11 is 7.28. The SMILES string of the molecule is N#Cc1ccc(N=Cc2ccc(Cl)s2)cc1. The van der Waals surface area contributed by atoms with E-state index in [2.05, 4.69) is 11.1 Å². The summed E-state index contributed by atoms with van der Waals surface area (Å²) in [5.41, 5.74) is 1.46. The molecule has 1 aromatic heterocycles. The fourth-order valence-corrected chi connectivity index (χ4v) is 2.09. The van der Waals surface area contributed by atoms with Crippen LogP contribution in [0.3, 0.4) is 0 Å². The van der Waals surface area contributed by atoms with Crippen molar-refractivity contribution in [1.82, 2.24) is 0 Å². The summed E-state index contributed by atoms with van der Waals surface area (Å²) in [4.78, 5) is 5.29. The number of hydrogen-bond acceptors (Lipinski definition) is 3. The van der Waals surface area contributed by atoms with Crippen molar-refractivity contribution in [1.29, 1.82) is 5.26 Å². The number of thiophene rings is 1. The number of benzene rings is 1. The lowest BCUT2D eigenvalue weighted by Crippen LogP contribution is -1.73. The van der Waals surface area contributed by atoms with E-state index in [1.54, 1.807) is 18.3 Å². The van der Waals surface area contributed by atoms with Crippen LogP contribution in [0.2, 0.25) is 4.34 Å². The topological polar surface area (TPSA) is 36.1 Å². The van der Waals surface area contributed by atoms with Crippen LogP contribution in [0.5, 0.6) is 0 Å². The third-order valence-corrected chi connectivity index (χ3v) is 3.10. The van der Waals surface area contributed by atoms with Crippen molar-refractivity contribution in [2.45, 2.75) is 0 Å². The summed E-state index contributed by atoms with van der Waals surface area (Å²) in [6.45, 7) is 0. The highest BCUT2D eigenvalue weighted by Crippen LogP contribution is 2.20. The fraction of sp³-hybridized carbons (Fsp3) is 0. The number of halogens is 1. The van der Waals surface area contributed by atoms with E-state index in [1.165, 1.54) is 11.3 Å². The highest BCUT2D eigenvalue weighted by Gasteiger charge is 1.94. The zero-order valence-corrected chi connectivity index (χ0v) is 9.79. The lowest BCUT2D eigenvalue weighted by molar-refractivity contribution is 1.46. The first-order valence-corrected chi connectivity index (χ1v) is 5.77. The van der Waals surface area contributed by atoms with Crippen molar-refractivity contribution in [3.63, 3.8) is 0 Å². The molecule has 0 aliphatic carbocycles. The Labute approximate surface area is 102 Å². The van der Waals surface area contributed by atoms with E-state index < -0.39 is 0 Å². The second-order valence-corrected chi connectivity index (χ2v) is 4.81. The summed E-state index contributed by atoms with van der Waals surface area (Å²) in [7, 11) is 0. The van der Waals surface area contributed by atoms with E-state index in [4.69, 9.17) is 16.9 Å². The predicted octanol–water partition coefficient (Wildman–Crippen LogP) is 4.02. The van der Waals surface area contributed by atoms with Gasteiger partial charge in [0.15, 0.2) is 0 Å². The summed E-state index contributed by atoms with van der Waals surface area (Å²) in [6.07, 6.45) is 1.76. The van der Waals surface area contributed by atoms with E-state index in [1.807, 2.05) is 24.3 Å². The Balaban J connectivity index is 2.15. The molecule has 0 aliphatic rings. The number of hydrogen-bond donors (Lipinski definition) is 0. The van der Waals surface area contributed by atoms with Gasteiger partial charge in [0.05, 0.1) is 21.7 Å². The van der Waals surface area contributed by atoms with Gasteiger partial charge in [0, 0.05) is 11.1 Å². The molecule has 0 saturated heterocycles. The third kappa shape index (κ3) is 2.69. The summed E-state index contributed by atoms with van der Waals surface area (Å²) in [6, 6.07) is 12.9.